The minimum Gasteiger partial charge on any atom is -0.464 e. The van der Waals surface area contributed by atoms with Crippen molar-refractivity contribution in [3.05, 3.63) is 29.3 Å². The highest BCUT2D eigenvalue weighted by molar-refractivity contribution is 7.83. The molecule has 1 N–H and O–H groups in total. The fraction of sp³-hybridized carbons (Fsp3) is 0.625. The molecule has 6 nitrogen and oxygen atoms in total. The molecule has 7 heteroatoms. The van der Waals surface area contributed by atoms with Gasteiger partial charge in [-0.3, -0.25) is 4.55 Å². The van der Waals surface area contributed by atoms with Gasteiger partial charge in [-0.25, -0.2) is 0 Å². The molecule has 0 saturated carbocycles. The number of rotatable bonds is 5. The van der Waals surface area contributed by atoms with Gasteiger partial charge in [0.25, 0.3) is 0 Å². The highest BCUT2D eigenvalue weighted by Gasteiger charge is 2.43. The second kappa shape index (κ2) is 6.05. The maximum Gasteiger partial charge on any atom is 0.336 e. The van der Waals surface area contributed by atoms with Gasteiger partial charge in [-0.2, -0.15) is 12.7 Å². The van der Waals surface area contributed by atoms with Crippen molar-refractivity contribution < 1.29 is 22.4 Å². The first kappa shape index (κ1) is 18.2. The molecule has 0 aliphatic carbocycles. The molecule has 0 bridgehead atoms. The molecule has 0 radical (unpaired) electrons. The van der Waals surface area contributed by atoms with Gasteiger partial charge in [0.2, 0.25) is 6.29 Å². The second-order valence-corrected chi connectivity index (χ2v) is 8.25. The normalized spacial score (nSPS) is 21.3. The van der Waals surface area contributed by atoms with Crippen molar-refractivity contribution in [3.8, 4) is 5.75 Å². The molecular weight excluding hydrogens is 318 g/mol. The van der Waals surface area contributed by atoms with E-state index in [2.05, 4.69) is 0 Å². The Morgan fingerprint density at radius 1 is 1.30 bits per heavy atom. The lowest BCUT2D eigenvalue weighted by Gasteiger charge is -2.28. The van der Waals surface area contributed by atoms with Crippen LogP contribution < -0.4 is 4.74 Å². The summed E-state index contributed by atoms with van der Waals surface area (Å²) in [6, 6.07) is 5.06. The molecule has 0 saturated heterocycles. The number of hydrogen-bond donors (Lipinski definition) is 1. The van der Waals surface area contributed by atoms with Crippen LogP contribution in [0.3, 0.4) is 0 Å². The average Bonchev–Trinajstić information content (AvgIpc) is 2.66. The van der Waals surface area contributed by atoms with E-state index < -0.39 is 16.3 Å². The predicted octanol–water partition coefficient (Wildman–Crippen LogP) is 2.90. The highest BCUT2D eigenvalue weighted by Crippen LogP contribution is 2.44. The van der Waals surface area contributed by atoms with Gasteiger partial charge in [0.05, 0.1) is 11.5 Å². The summed E-state index contributed by atoms with van der Waals surface area (Å²) in [6.07, 6.45) is -0.347. The summed E-state index contributed by atoms with van der Waals surface area (Å²) in [5.74, 6) is 0.742. The van der Waals surface area contributed by atoms with Gasteiger partial charge in [-0.1, -0.05) is 6.07 Å². The summed E-state index contributed by atoms with van der Waals surface area (Å²) in [5.41, 5.74) is 1.40. The van der Waals surface area contributed by atoms with Crippen LogP contribution in [0, 0.1) is 0 Å². The van der Waals surface area contributed by atoms with Crippen LogP contribution in [0.25, 0.3) is 0 Å². The number of fused-ring (bicyclic) bond motifs is 1. The Labute approximate surface area is 138 Å². The fourth-order valence-corrected chi connectivity index (χ4v) is 3.18. The Kier molecular flexibility index (Phi) is 4.79. The van der Waals surface area contributed by atoms with Crippen LogP contribution in [-0.2, 0) is 20.5 Å². The van der Waals surface area contributed by atoms with Crippen LogP contribution in [-0.4, -0.2) is 36.7 Å². The summed E-state index contributed by atoms with van der Waals surface area (Å²) in [7, 11) is -2.90. The Morgan fingerprint density at radius 2 is 1.91 bits per heavy atom. The Balaban J connectivity index is 2.35. The maximum atomic E-state index is 11.3. The first-order chi connectivity index (χ1) is 10.4. The lowest BCUT2D eigenvalue weighted by Crippen LogP contribution is -2.36. The largest absolute Gasteiger partial charge is 0.464 e. The molecule has 0 amide bonds. The summed E-state index contributed by atoms with van der Waals surface area (Å²) < 4.78 is 44.5. The van der Waals surface area contributed by atoms with E-state index in [0.717, 1.165) is 21.2 Å². The van der Waals surface area contributed by atoms with Crippen LogP contribution in [0.15, 0.2) is 18.2 Å². The smallest absolute Gasteiger partial charge is 0.336 e. The molecule has 130 valence electrons. The van der Waals surface area contributed by atoms with E-state index >= 15 is 0 Å². The van der Waals surface area contributed by atoms with Crippen molar-refractivity contribution in [2.45, 2.75) is 58.5 Å². The molecule has 1 aliphatic rings. The fourth-order valence-electron chi connectivity index (χ4n) is 2.66. The zero-order valence-electron chi connectivity index (χ0n) is 14.4. The van der Waals surface area contributed by atoms with E-state index in [1.807, 2.05) is 39.8 Å². The van der Waals surface area contributed by atoms with E-state index in [-0.39, 0.29) is 17.8 Å². The molecule has 0 aromatic heterocycles. The molecule has 2 rings (SSSR count). The molecule has 1 aromatic rings. The van der Waals surface area contributed by atoms with Gasteiger partial charge in [-0.15, -0.1) is 0 Å². The van der Waals surface area contributed by atoms with Crippen LogP contribution in [0.2, 0.25) is 0 Å². The topological polar surface area (TPSA) is 76.1 Å². The van der Waals surface area contributed by atoms with Crippen molar-refractivity contribution in [1.82, 2.24) is 4.31 Å². The van der Waals surface area contributed by atoms with E-state index in [0.29, 0.717) is 0 Å². The first-order valence-corrected chi connectivity index (χ1v) is 9.01. The third-order valence-corrected chi connectivity index (χ3v) is 5.35. The zero-order chi connectivity index (χ0) is 17.6. The molecule has 0 spiro atoms. The van der Waals surface area contributed by atoms with Crippen LogP contribution in [0.5, 0.6) is 5.75 Å². The number of ether oxygens (including phenoxy) is 2. The zero-order valence-corrected chi connectivity index (χ0v) is 15.2. The van der Waals surface area contributed by atoms with Gasteiger partial charge in [-0.05, 0) is 52.3 Å². The van der Waals surface area contributed by atoms with Crippen LogP contribution in [0.1, 0.15) is 51.8 Å². The first-order valence-electron chi connectivity index (χ1n) is 7.61. The predicted molar refractivity (Wildman–Crippen MR) is 87.8 cm³/mol. The van der Waals surface area contributed by atoms with E-state index in [1.54, 1.807) is 13.0 Å². The molecule has 1 aromatic carbocycles. The van der Waals surface area contributed by atoms with E-state index in [9.17, 15) is 13.0 Å². The van der Waals surface area contributed by atoms with Gasteiger partial charge in [0, 0.05) is 18.7 Å². The highest BCUT2D eigenvalue weighted by atomic mass is 32.2. The van der Waals surface area contributed by atoms with E-state index in [4.69, 9.17) is 9.47 Å². The van der Waals surface area contributed by atoms with Gasteiger partial charge in [0.15, 0.2) is 0 Å². The summed E-state index contributed by atoms with van der Waals surface area (Å²) in [5, 5.41) is 0. The standard InChI is InChI=1S/C16H25NO5S/c1-10(2)21-15-16(4,5)13-9-12(7-8-14(13)22-15)11(3)17(6)23(18,19)20/h7-11,15H,1-6H3,(H,18,19,20). The molecule has 23 heavy (non-hydrogen) atoms. The molecule has 1 heterocycles. The van der Waals surface area contributed by atoms with Crippen LogP contribution in [0.4, 0.5) is 0 Å². The molecule has 1 aliphatic heterocycles. The molecule has 2 atom stereocenters. The molecule has 2 unspecified atom stereocenters. The molecular formula is C16H25NO5S. The summed E-state index contributed by atoms with van der Waals surface area (Å²) >= 11 is 0. The molecule has 0 fully saturated rings. The summed E-state index contributed by atoms with van der Waals surface area (Å²) in [4.78, 5) is 0. The Bertz CT molecular complexity index is 684. The Hall–Kier alpha value is -1.15. The SMILES string of the molecule is CC(C)OC1Oc2ccc(C(C)N(C)S(=O)(=O)O)cc2C1(C)C. The third-order valence-electron chi connectivity index (χ3n) is 4.31. The number of nitrogens with zero attached hydrogens (tertiary/aromatic N) is 1. The number of benzene rings is 1. The minimum absolute atomic E-state index is 0.0395. The van der Waals surface area contributed by atoms with Gasteiger partial charge in [0.1, 0.15) is 5.75 Å². The van der Waals surface area contributed by atoms with Crippen molar-refractivity contribution >= 4 is 10.3 Å². The average molecular weight is 343 g/mol. The van der Waals surface area contributed by atoms with Crippen molar-refractivity contribution in [2.75, 3.05) is 7.05 Å². The van der Waals surface area contributed by atoms with Crippen LogP contribution >= 0.6 is 0 Å². The summed E-state index contributed by atoms with van der Waals surface area (Å²) in [6.45, 7) is 9.70. The lowest BCUT2D eigenvalue weighted by atomic mass is 9.84. The minimum atomic E-state index is -4.24. The lowest BCUT2D eigenvalue weighted by molar-refractivity contribution is -0.128. The monoisotopic (exact) mass is 343 g/mol. The Morgan fingerprint density at radius 3 is 2.43 bits per heavy atom. The van der Waals surface area contributed by atoms with Gasteiger partial charge < -0.3 is 9.47 Å². The van der Waals surface area contributed by atoms with Crippen molar-refractivity contribution in [3.63, 3.8) is 0 Å². The van der Waals surface area contributed by atoms with E-state index in [1.165, 1.54) is 7.05 Å². The van der Waals surface area contributed by atoms with Crippen molar-refractivity contribution in [2.24, 2.45) is 0 Å². The second-order valence-electron chi connectivity index (χ2n) is 6.78. The third kappa shape index (κ3) is 3.52. The number of hydrogen-bond acceptors (Lipinski definition) is 4. The van der Waals surface area contributed by atoms with Crippen molar-refractivity contribution in [1.29, 1.82) is 0 Å². The maximum absolute atomic E-state index is 11.3. The van der Waals surface area contributed by atoms with Gasteiger partial charge >= 0.3 is 10.3 Å². The quantitative estimate of drug-likeness (QED) is 0.832.